The van der Waals surface area contributed by atoms with Crippen molar-refractivity contribution in [2.45, 2.75) is 47.0 Å². The van der Waals surface area contributed by atoms with Crippen molar-refractivity contribution in [1.29, 1.82) is 5.26 Å². The molecule has 1 amide bonds. The van der Waals surface area contributed by atoms with Crippen LogP contribution in [0.1, 0.15) is 60.8 Å². The SMILES string of the molecule is C.CCCCCc1cc(C#N)cc(C)c1NC(=O)c1cc(Br)nn1-c1ncccc1Cl. The molecule has 0 aliphatic rings. The number of nitriles is 1. The Bertz CT molecular complexity index is 1120. The zero-order valence-electron chi connectivity index (χ0n) is 16.7. The van der Waals surface area contributed by atoms with Crippen molar-refractivity contribution in [3.63, 3.8) is 0 Å². The van der Waals surface area contributed by atoms with Crippen molar-refractivity contribution >= 4 is 39.1 Å². The van der Waals surface area contributed by atoms with Crippen molar-refractivity contribution in [1.82, 2.24) is 14.8 Å². The molecule has 8 heteroatoms. The van der Waals surface area contributed by atoms with Crippen LogP contribution < -0.4 is 5.32 Å². The van der Waals surface area contributed by atoms with Gasteiger partial charge in [-0.05, 0) is 71.1 Å². The van der Waals surface area contributed by atoms with E-state index in [0.29, 0.717) is 26.7 Å². The van der Waals surface area contributed by atoms with E-state index >= 15 is 0 Å². The fourth-order valence-corrected chi connectivity index (χ4v) is 3.83. The lowest BCUT2D eigenvalue weighted by molar-refractivity contribution is 0.101. The smallest absolute Gasteiger partial charge is 0.274 e. The molecule has 0 saturated carbocycles. The maximum absolute atomic E-state index is 13.2. The number of benzene rings is 1. The predicted octanol–water partition coefficient (Wildman–Crippen LogP) is 6.48. The molecule has 0 atom stereocenters. The number of aryl methyl sites for hydroxylation is 2. The Balaban J connectivity index is 0.00000341. The molecule has 162 valence electrons. The minimum Gasteiger partial charge on any atom is -0.320 e. The number of amides is 1. The number of carbonyl (C=O) groups is 1. The summed E-state index contributed by atoms with van der Waals surface area (Å²) in [5.74, 6) is 0.0363. The van der Waals surface area contributed by atoms with Gasteiger partial charge in [-0.25, -0.2) is 9.67 Å². The summed E-state index contributed by atoms with van der Waals surface area (Å²) in [5.41, 5.74) is 3.41. The van der Waals surface area contributed by atoms with Gasteiger partial charge in [-0.1, -0.05) is 38.8 Å². The molecule has 3 aromatic rings. The number of hydrogen-bond acceptors (Lipinski definition) is 4. The molecule has 0 radical (unpaired) electrons. The standard InChI is InChI=1S/C22H21BrClN5O.CH4/c1-3-4-5-7-16-11-15(13-25)10-14(2)20(16)27-22(30)18-12-19(23)28-29(18)21-17(24)8-6-9-26-21;/h6,8-12H,3-5,7H2,1-2H3,(H,27,30);1H4. The summed E-state index contributed by atoms with van der Waals surface area (Å²) in [4.78, 5) is 17.4. The van der Waals surface area contributed by atoms with Crippen LogP contribution in [0.2, 0.25) is 5.02 Å². The normalized spacial score (nSPS) is 10.3. The van der Waals surface area contributed by atoms with Crippen LogP contribution in [0.25, 0.3) is 5.82 Å². The quantitative estimate of drug-likeness (QED) is 0.375. The van der Waals surface area contributed by atoms with Gasteiger partial charge in [0.1, 0.15) is 10.3 Å². The van der Waals surface area contributed by atoms with E-state index in [2.05, 4.69) is 44.3 Å². The topological polar surface area (TPSA) is 83.6 Å². The fourth-order valence-electron chi connectivity index (χ4n) is 3.25. The Morgan fingerprint density at radius 1 is 1.32 bits per heavy atom. The minimum absolute atomic E-state index is 0. The van der Waals surface area contributed by atoms with Crippen LogP contribution in [0.15, 0.2) is 41.1 Å². The molecule has 3 rings (SSSR count). The number of unbranched alkanes of at least 4 members (excludes halogenated alkanes) is 2. The maximum atomic E-state index is 13.2. The molecule has 0 aliphatic carbocycles. The Hall–Kier alpha value is -2.69. The van der Waals surface area contributed by atoms with Gasteiger partial charge in [-0.15, -0.1) is 0 Å². The van der Waals surface area contributed by atoms with Gasteiger partial charge in [-0.3, -0.25) is 4.79 Å². The van der Waals surface area contributed by atoms with Crippen molar-refractivity contribution in [2.75, 3.05) is 5.32 Å². The second-order valence-electron chi connectivity index (χ2n) is 6.92. The van der Waals surface area contributed by atoms with Gasteiger partial charge in [0.2, 0.25) is 0 Å². The van der Waals surface area contributed by atoms with E-state index < -0.39 is 0 Å². The first-order valence-electron chi connectivity index (χ1n) is 9.66. The van der Waals surface area contributed by atoms with Crippen LogP contribution in [0.4, 0.5) is 5.69 Å². The molecule has 0 bridgehead atoms. The van der Waals surface area contributed by atoms with E-state index in [1.54, 1.807) is 30.5 Å². The van der Waals surface area contributed by atoms with Crippen molar-refractivity contribution in [3.05, 3.63) is 68.5 Å². The predicted molar refractivity (Wildman–Crippen MR) is 128 cm³/mol. The van der Waals surface area contributed by atoms with Gasteiger partial charge >= 0.3 is 0 Å². The number of halogens is 2. The lowest BCUT2D eigenvalue weighted by Crippen LogP contribution is -2.19. The summed E-state index contributed by atoms with van der Waals surface area (Å²) < 4.78 is 1.91. The zero-order valence-corrected chi connectivity index (χ0v) is 19.1. The molecule has 0 saturated heterocycles. The number of aromatic nitrogens is 3. The average molecular weight is 503 g/mol. The van der Waals surface area contributed by atoms with Gasteiger partial charge < -0.3 is 5.32 Å². The third-order valence-corrected chi connectivity index (χ3v) is 5.37. The highest BCUT2D eigenvalue weighted by molar-refractivity contribution is 9.10. The van der Waals surface area contributed by atoms with Gasteiger partial charge in [0.25, 0.3) is 5.91 Å². The number of nitrogens with one attached hydrogen (secondary N) is 1. The average Bonchev–Trinajstić information content (AvgIpc) is 3.12. The lowest BCUT2D eigenvalue weighted by atomic mass is 9.99. The summed E-state index contributed by atoms with van der Waals surface area (Å²) in [7, 11) is 0. The summed E-state index contributed by atoms with van der Waals surface area (Å²) in [6.45, 7) is 4.03. The van der Waals surface area contributed by atoms with Crippen LogP contribution in [-0.2, 0) is 6.42 Å². The van der Waals surface area contributed by atoms with E-state index in [4.69, 9.17) is 11.6 Å². The lowest BCUT2D eigenvalue weighted by Gasteiger charge is -2.15. The van der Waals surface area contributed by atoms with Gasteiger partial charge in [0.15, 0.2) is 5.82 Å². The van der Waals surface area contributed by atoms with E-state index in [1.807, 2.05) is 13.0 Å². The number of carbonyl (C=O) groups excluding carboxylic acids is 1. The first-order chi connectivity index (χ1) is 14.4. The van der Waals surface area contributed by atoms with Gasteiger partial charge in [-0.2, -0.15) is 10.4 Å². The first-order valence-corrected chi connectivity index (χ1v) is 10.8. The third-order valence-electron chi connectivity index (χ3n) is 4.69. The third kappa shape index (κ3) is 5.72. The fraction of sp³-hybridized carbons (Fsp3) is 0.304. The maximum Gasteiger partial charge on any atom is 0.274 e. The van der Waals surface area contributed by atoms with Crippen LogP contribution in [0.3, 0.4) is 0 Å². The molecule has 0 unspecified atom stereocenters. The largest absolute Gasteiger partial charge is 0.320 e. The van der Waals surface area contributed by atoms with Crippen LogP contribution in [-0.4, -0.2) is 20.7 Å². The molecule has 2 heterocycles. The summed E-state index contributed by atoms with van der Waals surface area (Å²) in [6.07, 6.45) is 5.54. The molecular formula is C23H25BrClN5O. The zero-order chi connectivity index (χ0) is 21.7. The second kappa shape index (κ2) is 11.1. The molecule has 0 fully saturated rings. The number of hydrogen-bond donors (Lipinski definition) is 1. The number of pyridine rings is 1. The molecule has 0 spiro atoms. The summed E-state index contributed by atoms with van der Waals surface area (Å²) in [5, 5.41) is 17.0. The summed E-state index contributed by atoms with van der Waals surface area (Å²) in [6, 6.07) is 10.9. The molecule has 31 heavy (non-hydrogen) atoms. The van der Waals surface area contributed by atoms with E-state index in [1.165, 1.54) is 4.68 Å². The van der Waals surface area contributed by atoms with E-state index in [9.17, 15) is 10.1 Å². The summed E-state index contributed by atoms with van der Waals surface area (Å²) >= 11 is 9.59. The molecule has 0 aliphatic heterocycles. The Kier molecular flexibility index (Phi) is 8.78. The Labute approximate surface area is 196 Å². The molecule has 6 nitrogen and oxygen atoms in total. The molecule has 2 aromatic heterocycles. The highest BCUT2D eigenvalue weighted by atomic mass is 79.9. The molecular weight excluding hydrogens is 478 g/mol. The van der Waals surface area contributed by atoms with E-state index in [-0.39, 0.29) is 13.3 Å². The highest BCUT2D eigenvalue weighted by Crippen LogP contribution is 2.27. The van der Waals surface area contributed by atoms with Crippen molar-refractivity contribution in [3.8, 4) is 11.9 Å². The molecule has 1 N–H and O–H groups in total. The number of anilines is 1. The van der Waals surface area contributed by atoms with Crippen molar-refractivity contribution < 1.29 is 4.79 Å². The first kappa shape index (κ1) is 24.6. The highest BCUT2D eigenvalue weighted by Gasteiger charge is 2.20. The second-order valence-corrected chi connectivity index (χ2v) is 8.14. The molecule has 1 aromatic carbocycles. The monoisotopic (exact) mass is 501 g/mol. The van der Waals surface area contributed by atoms with Crippen LogP contribution in [0.5, 0.6) is 0 Å². The number of nitrogens with zero attached hydrogens (tertiary/aromatic N) is 4. The minimum atomic E-state index is -0.334. The number of rotatable bonds is 7. The Morgan fingerprint density at radius 2 is 2.10 bits per heavy atom. The van der Waals surface area contributed by atoms with Crippen LogP contribution >= 0.6 is 27.5 Å². The van der Waals surface area contributed by atoms with Gasteiger partial charge in [0.05, 0.1) is 16.7 Å². The van der Waals surface area contributed by atoms with Crippen LogP contribution in [0, 0.1) is 18.3 Å². The van der Waals surface area contributed by atoms with Gasteiger partial charge in [0, 0.05) is 18.0 Å². The van der Waals surface area contributed by atoms with E-state index in [0.717, 1.165) is 42.5 Å². The van der Waals surface area contributed by atoms with Crippen molar-refractivity contribution in [2.24, 2.45) is 0 Å². The Morgan fingerprint density at radius 3 is 2.77 bits per heavy atom.